The largest absolute Gasteiger partial charge is 0.497 e. The first-order valence-corrected chi connectivity index (χ1v) is 10.3. The molecule has 4 rings (SSSR count). The van der Waals surface area contributed by atoms with Crippen LogP contribution in [0, 0.1) is 5.92 Å². The van der Waals surface area contributed by atoms with Crippen molar-refractivity contribution in [1.29, 1.82) is 0 Å². The van der Waals surface area contributed by atoms with Gasteiger partial charge in [0.15, 0.2) is 0 Å². The number of piperidine rings is 1. The summed E-state index contributed by atoms with van der Waals surface area (Å²) in [7, 11) is 1.74. The number of hydrogen-bond donors (Lipinski definition) is 2. The quantitative estimate of drug-likeness (QED) is 0.802. The van der Waals surface area contributed by atoms with Crippen LogP contribution in [0.3, 0.4) is 0 Å². The zero-order valence-corrected chi connectivity index (χ0v) is 17.2. The number of hydrogen-bond acceptors (Lipinski definition) is 5. The molecular formula is C21H34ClN3O2. The number of ether oxygens (including phenoxy) is 2. The number of rotatable bonds is 5. The van der Waals surface area contributed by atoms with Gasteiger partial charge in [0.1, 0.15) is 5.75 Å². The lowest BCUT2D eigenvalue weighted by Gasteiger charge is -2.39. The topological polar surface area (TPSA) is 45.8 Å². The van der Waals surface area contributed by atoms with E-state index >= 15 is 0 Å². The van der Waals surface area contributed by atoms with Crippen molar-refractivity contribution in [1.82, 2.24) is 10.6 Å². The highest BCUT2D eigenvalue weighted by atomic mass is 35.5. The molecule has 152 valence electrons. The van der Waals surface area contributed by atoms with Gasteiger partial charge < -0.3 is 25.0 Å². The summed E-state index contributed by atoms with van der Waals surface area (Å²) >= 11 is 0. The Balaban J connectivity index is 0.00000210. The molecule has 0 spiro atoms. The zero-order chi connectivity index (χ0) is 17.8. The van der Waals surface area contributed by atoms with Crippen molar-refractivity contribution in [2.45, 2.75) is 50.2 Å². The van der Waals surface area contributed by atoms with Crippen LogP contribution in [-0.4, -0.2) is 58.1 Å². The lowest BCUT2D eigenvalue weighted by atomic mass is 9.92. The maximum atomic E-state index is 5.72. The molecule has 0 radical (unpaired) electrons. The van der Waals surface area contributed by atoms with Gasteiger partial charge >= 0.3 is 0 Å². The first-order valence-electron chi connectivity index (χ1n) is 10.3. The minimum atomic E-state index is 0. The molecule has 0 bridgehead atoms. The normalized spacial score (nSPS) is 31.4. The predicted octanol–water partition coefficient (Wildman–Crippen LogP) is 2.83. The molecule has 2 heterocycles. The number of anilines is 1. The second kappa shape index (κ2) is 9.97. The van der Waals surface area contributed by atoms with E-state index in [0.717, 1.165) is 38.6 Å². The Hall–Kier alpha value is -1.01. The van der Waals surface area contributed by atoms with E-state index in [1.807, 2.05) is 6.07 Å². The third-order valence-corrected chi connectivity index (χ3v) is 6.33. The predicted molar refractivity (Wildman–Crippen MR) is 112 cm³/mol. The van der Waals surface area contributed by atoms with E-state index in [1.54, 1.807) is 7.11 Å². The smallest absolute Gasteiger partial charge is 0.120 e. The SMILES string of the molecule is COc1cccc(N2CCCC(NC3CCCC3C3COCCN3)C2)c1.Cl. The molecule has 4 atom stereocenters. The van der Waals surface area contributed by atoms with Crippen molar-refractivity contribution >= 4 is 18.1 Å². The van der Waals surface area contributed by atoms with E-state index in [4.69, 9.17) is 9.47 Å². The van der Waals surface area contributed by atoms with Gasteiger partial charge in [0.25, 0.3) is 0 Å². The van der Waals surface area contributed by atoms with Crippen LogP contribution < -0.4 is 20.3 Å². The maximum Gasteiger partial charge on any atom is 0.120 e. The first kappa shape index (κ1) is 20.7. The van der Waals surface area contributed by atoms with E-state index in [-0.39, 0.29) is 12.4 Å². The minimum absolute atomic E-state index is 0. The average molecular weight is 396 g/mol. The van der Waals surface area contributed by atoms with Gasteiger partial charge in [-0.2, -0.15) is 0 Å². The van der Waals surface area contributed by atoms with E-state index in [1.165, 1.54) is 37.8 Å². The van der Waals surface area contributed by atoms with E-state index < -0.39 is 0 Å². The molecule has 27 heavy (non-hydrogen) atoms. The number of halogens is 1. The monoisotopic (exact) mass is 395 g/mol. The Kier molecular flexibility index (Phi) is 7.65. The van der Waals surface area contributed by atoms with Crippen LogP contribution in [0.15, 0.2) is 24.3 Å². The molecule has 2 N–H and O–H groups in total. The third-order valence-electron chi connectivity index (χ3n) is 6.33. The molecule has 3 aliphatic rings. The summed E-state index contributed by atoms with van der Waals surface area (Å²) in [6.07, 6.45) is 6.49. The second-order valence-corrected chi connectivity index (χ2v) is 7.99. The van der Waals surface area contributed by atoms with Crippen LogP contribution in [0.2, 0.25) is 0 Å². The number of nitrogens with one attached hydrogen (secondary N) is 2. The molecule has 2 aliphatic heterocycles. The summed E-state index contributed by atoms with van der Waals surface area (Å²) in [5, 5.41) is 7.71. The van der Waals surface area contributed by atoms with Gasteiger partial charge in [-0.3, -0.25) is 0 Å². The van der Waals surface area contributed by atoms with Gasteiger partial charge in [0, 0.05) is 49.5 Å². The standard InChI is InChI=1S/C21H33N3O2.ClH/c1-25-18-7-2-6-17(13-18)24-11-4-5-16(14-24)23-20-9-3-8-19(20)21-15-26-12-10-22-21;/h2,6-7,13,16,19-23H,3-5,8-12,14-15H2,1H3;1H. The molecule has 1 saturated carbocycles. The van der Waals surface area contributed by atoms with E-state index in [0.29, 0.717) is 24.0 Å². The van der Waals surface area contributed by atoms with Gasteiger partial charge in [-0.15, -0.1) is 12.4 Å². The molecule has 1 aliphatic carbocycles. The van der Waals surface area contributed by atoms with Crippen molar-refractivity contribution in [3.05, 3.63) is 24.3 Å². The van der Waals surface area contributed by atoms with Crippen LogP contribution in [-0.2, 0) is 4.74 Å². The zero-order valence-electron chi connectivity index (χ0n) is 16.4. The molecule has 4 unspecified atom stereocenters. The van der Waals surface area contributed by atoms with Gasteiger partial charge in [-0.05, 0) is 43.7 Å². The Morgan fingerprint density at radius 2 is 2.15 bits per heavy atom. The summed E-state index contributed by atoms with van der Waals surface area (Å²) in [4.78, 5) is 2.51. The fourth-order valence-corrected chi connectivity index (χ4v) is 5.00. The lowest BCUT2D eigenvalue weighted by Crippen LogP contribution is -2.55. The molecule has 3 fully saturated rings. The molecule has 0 amide bonds. The molecule has 1 aromatic carbocycles. The minimum Gasteiger partial charge on any atom is -0.497 e. The Labute approximate surface area is 169 Å². The molecule has 1 aromatic rings. The number of methoxy groups -OCH3 is 1. The summed E-state index contributed by atoms with van der Waals surface area (Å²) in [5.74, 6) is 1.65. The van der Waals surface area contributed by atoms with Crippen molar-refractivity contribution in [2.75, 3.05) is 44.9 Å². The van der Waals surface area contributed by atoms with Crippen molar-refractivity contribution in [3.8, 4) is 5.75 Å². The average Bonchev–Trinajstić information content (AvgIpc) is 3.17. The van der Waals surface area contributed by atoms with Crippen LogP contribution in [0.25, 0.3) is 0 Å². The molecule has 6 heteroatoms. The van der Waals surface area contributed by atoms with Crippen molar-refractivity contribution < 1.29 is 9.47 Å². The van der Waals surface area contributed by atoms with Gasteiger partial charge in [0.2, 0.25) is 0 Å². The van der Waals surface area contributed by atoms with Gasteiger partial charge in [-0.1, -0.05) is 12.5 Å². The Morgan fingerprint density at radius 3 is 2.96 bits per heavy atom. The highest BCUT2D eigenvalue weighted by Crippen LogP contribution is 2.31. The molecule has 0 aromatic heterocycles. The van der Waals surface area contributed by atoms with Crippen LogP contribution in [0.5, 0.6) is 5.75 Å². The number of nitrogens with zero attached hydrogens (tertiary/aromatic N) is 1. The van der Waals surface area contributed by atoms with Gasteiger partial charge in [0.05, 0.1) is 20.3 Å². The highest BCUT2D eigenvalue weighted by Gasteiger charge is 2.36. The lowest BCUT2D eigenvalue weighted by molar-refractivity contribution is 0.0515. The number of morpholine rings is 1. The van der Waals surface area contributed by atoms with Crippen LogP contribution in [0.4, 0.5) is 5.69 Å². The second-order valence-electron chi connectivity index (χ2n) is 7.99. The third kappa shape index (κ3) is 5.08. The van der Waals surface area contributed by atoms with Gasteiger partial charge in [-0.25, -0.2) is 0 Å². The van der Waals surface area contributed by atoms with E-state index in [2.05, 4.69) is 33.7 Å². The number of benzene rings is 1. The fraction of sp³-hybridized carbons (Fsp3) is 0.714. The van der Waals surface area contributed by atoms with Crippen LogP contribution in [0.1, 0.15) is 32.1 Å². The van der Waals surface area contributed by atoms with Crippen molar-refractivity contribution in [2.24, 2.45) is 5.92 Å². The summed E-state index contributed by atoms with van der Waals surface area (Å²) in [6, 6.07) is 10.2. The molecule has 2 saturated heterocycles. The summed E-state index contributed by atoms with van der Waals surface area (Å²) < 4.78 is 11.1. The Bertz CT molecular complexity index is 582. The van der Waals surface area contributed by atoms with Crippen LogP contribution >= 0.6 is 12.4 Å². The van der Waals surface area contributed by atoms with Crippen molar-refractivity contribution in [3.63, 3.8) is 0 Å². The highest BCUT2D eigenvalue weighted by molar-refractivity contribution is 5.85. The summed E-state index contributed by atoms with van der Waals surface area (Å²) in [5.41, 5.74) is 1.28. The first-order chi connectivity index (χ1) is 12.8. The molecular weight excluding hydrogens is 362 g/mol. The Morgan fingerprint density at radius 1 is 1.22 bits per heavy atom. The summed E-state index contributed by atoms with van der Waals surface area (Å²) in [6.45, 7) is 4.96. The molecule has 5 nitrogen and oxygen atoms in total. The fourth-order valence-electron chi connectivity index (χ4n) is 5.00. The maximum absolute atomic E-state index is 5.72. The van der Waals surface area contributed by atoms with E-state index in [9.17, 15) is 0 Å².